The van der Waals surface area contributed by atoms with Gasteiger partial charge in [0.05, 0.1) is 19.0 Å². The number of imidazole rings is 1. The molecule has 1 amide bonds. The summed E-state index contributed by atoms with van der Waals surface area (Å²) in [5.41, 5.74) is 2.22. The molecule has 1 N–H and O–H groups in total. The third-order valence-electron chi connectivity index (χ3n) is 4.33. The predicted octanol–water partition coefficient (Wildman–Crippen LogP) is 2.84. The summed E-state index contributed by atoms with van der Waals surface area (Å²) in [5.74, 6) is -0.594. The number of hydrogen-bond donors (Lipinski definition) is 1. The predicted molar refractivity (Wildman–Crippen MR) is 111 cm³/mol. The summed E-state index contributed by atoms with van der Waals surface area (Å²) in [5, 5.41) is 3.03. The Kier molecular flexibility index (Phi) is 6.24. The third kappa shape index (κ3) is 4.96. The fraction of sp³-hybridized carbons (Fsp3) is 0.200. The summed E-state index contributed by atoms with van der Waals surface area (Å²) >= 11 is 5.82. The van der Waals surface area contributed by atoms with Crippen molar-refractivity contribution in [3.8, 4) is 17.0 Å². The molecule has 0 aliphatic heterocycles. The molecule has 0 bridgehead atoms. The number of amides is 1. The first kappa shape index (κ1) is 20.9. The number of carbonyl (C=O) groups excluding carboxylic acids is 1. The molecule has 9 heteroatoms. The average molecular weight is 434 g/mol. The van der Waals surface area contributed by atoms with Crippen LogP contribution in [0.4, 0.5) is 0 Å². The minimum Gasteiger partial charge on any atom is -0.497 e. The van der Waals surface area contributed by atoms with E-state index in [2.05, 4.69) is 10.3 Å². The molecule has 0 aliphatic carbocycles. The van der Waals surface area contributed by atoms with Crippen LogP contribution in [0.15, 0.2) is 59.9 Å². The van der Waals surface area contributed by atoms with Gasteiger partial charge in [-0.2, -0.15) is 0 Å². The Morgan fingerprint density at radius 2 is 1.79 bits per heavy atom. The van der Waals surface area contributed by atoms with E-state index >= 15 is 0 Å². The van der Waals surface area contributed by atoms with Gasteiger partial charge in [0.1, 0.15) is 11.5 Å². The quantitative estimate of drug-likeness (QED) is 0.618. The molecule has 0 fully saturated rings. The highest BCUT2D eigenvalue weighted by molar-refractivity contribution is 7.92. The van der Waals surface area contributed by atoms with Crippen LogP contribution in [0.5, 0.6) is 5.75 Å². The number of carbonyl (C=O) groups is 1. The van der Waals surface area contributed by atoms with Gasteiger partial charge in [-0.3, -0.25) is 4.79 Å². The Morgan fingerprint density at radius 3 is 2.41 bits per heavy atom. The van der Waals surface area contributed by atoms with E-state index in [9.17, 15) is 13.2 Å². The van der Waals surface area contributed by atoms with Gasteiger partial charge in [0.25, 0.3) is 0 Å². The number of sulfone groups is 1. The largest absolute Gasteiger partial charge is 0.497 e. The molecule has 0 spiro atoms. The normalized spacial score (nSPS) is 11.3. The molecule has 0 saturated carbocycles. The van der Waals surface area contributed by atoms with E-state index in [1.165, 1.54) is 10.8 Å². The van der Waals surface area contributed by atoms with E-state index in [4.69, 9.17) is 16.3 Å². The molecule has 29 heavy (non-hydrogen) atoms. The van der Waals surface area contributed by atoms with Crippen LogP contribution in [0.25, 0.3) is 11.3 Å². The monoisotopic (exact) mass is 433 g/mol. The smallest absolute Gasteiger partial charge is 0.235 e. The Balaban J connectivity index is 1.71. The summed E-state index contributed by atoms with van der Waals surface area (Å²) in [6, 6.07) is 14.1. The van der Waals surface area contributed by atoms with Crippen LogP contribution in [0.2, 0.25) is 5.02 Å². The third-order valence-corrected chi connectivity index (χ3v) is 6.16. The van der Waals surface area contributed by atoms with Crippen molar-refractivity contribution < 1.29 is 17.9 Å². The SMILES string of the molecule is COc1ccc(-c2cnc(S(=O)(=O)CC(=O)NCc3ccc(Cl)cc3)n2C)cc1. The maximum Gasteiger partial charge on any atom is 0.235 e. The minimum atomic E-state index is -3.91. The summed E-state index contributed by atoms with van der Waals surface area (Å²) in [4.78, 5) is 16.2. The van der Waals surface area contributed by atoms with Crippen molar-refractivity contribution in [1.29, 1.82) is 0 Å². The molecule has 152 valence electrons. The zero-order chi connectivity index (χ0) is 21.0. The topological polar surface area (TPSA) is 90.3 Å². The van der Waals surface area contributed by atoms with Crippen LogP contribution in [0.3, 0.4) is 0 Å². The zero-order valence-electron chi connectivity index (χ0n) is 15.9. The van der Waals surface area contributed by atoms with Gasteiger partial charge in [-0.15, -0.1) is 0 Å². The number of ether oxygens (including phenoxy) is 1. The minimum absolute atomic E-state index is 0.162. The van der Waals surface area contributed by atoms with Gasteiger partial charge in [0.2, 0.25) is 20.9 Å². The van der Waals surface area contributed by atoms with Crippen LogP contribution in [0, 0.1) is 0 Å². The van der Waals surface area contributed by atoms with E-state index in [0.29, 0.717) is 16.5 Å². The van der Waals surface area contributed by atoms with Crippen LogP contribution in [-0.2, 0) is 28.2 Å². The standard InChI is InChI=1S/C20H20ClN3O4S/c1-24-18(15-5-9-17(28-2)10-6-15)12-23-20(24)29(26,27)13-19(25)22-11-14-3-7-16(21)8-4-14/h3-10,12H,11,13H2,1-2H3,(H,22,25). The number of aromatic nitrogens is 2. The second-order valence-electron chi connectivity index (χ2n) is 6.38. The second kappa shape index (κ2) is 8.67. The Bertz CT molecular complexity index is 1110. The van der Waals surface area contributed by atoms with E-state index in [1.54, 1.807) is 50.6 Å². The van der Waals surface area contributed by atoms with Gasteiger partial charge < -0.3 is 14.6 Å². The zero-order valence-corrected chi connectivity index (χ0v) is 17.5. The molecule has 3 aromatic rings. The Labute approximate surface area is 174 Å². The lowest BCUT2D eigenvalue weighted by atomic mass is 10.1. The lowest BCUT2D eigenvalue weighted by Gasteiger charge is -2.09. The summed E-state index contributed by atoms with van der Waals surface area (Å²) in [7, 11) is -0.734. The van der Waals surface area contributed by atoms with Crippen molar-refractivity contribution in [2.24, 2.45) is 7.05 Å². The first-order valence-electron chi connectivity index (χ1n) is 8.70. The molecule has 0 saturated heterocycles. The van der Waals surface area contributed by atoms with Gasteiger partial charge in [0, 0.05) is 24.2 Å². The molecule has 3 rings (SSSR count). The molecular weight excluding hydrogens is 414 g/mol. The van der Waals surface area contributed by atoms with Crippen molar-refractivity contribution in [1.82, 2.24) is 14.9 Å². The molecule has 0 atom stereocenters. The van der Waals surface area contributed by atoms with Gasteiger partial charge in [-0.25, -0.2) is 13.4 Å². The van der Waals surface area contributed by atoms with Crippen molar-refractivity contribution >= 4 is 27.3 Å². The number of nitrogens with one attached hydrogen (secondary N) is 1. The van der Waals surface area contributed by atoms with E-state index < -0.39 is 21.5 Å². The molecule has 1 aromatic heterocycles. The van der Waals surface area contributed by atoms with Crippen LogP contribution in [0.1, 0.15) is 5.56 Å². The maximum atomic E-state index is 12.7. The Hall–Kier alpha value is -2.84. The summed E-state index contributed by atoms with van der Waals surface area (Å²) in [6.45, 7) is 0.211. The number of rotatable bonds is 7. The van der Waals surface area contributed by atoms with Gasteiger partial charge in [0.15, 0.2) is 0 Å². The van der Waals surface area contributed by atoms with Crippen LogP contribution >= 0.6 is 11.6 Å². The summed E-state index contributed by atoms with van der Waals surface area (Å²) in [6.07, 6.45) is 1.47. The molecular formula is C20H20ClN3O4S. The fourth-order valence-electron chi connectivity index (χ4n) is 2.80. The summed E-state index contributed by atoms with van der Waals surface area (Å²) < 4.78 is 32.0. The molecule has 1 heterocycles. The van der Waals surface area contributed by atoms with E-state index in [1.807, 2.05) is 12.1 Å². The number of halogens is 1. The molecule has 0 radical (unpaired) electrons. The van der Waals surface area contributed by atoms with Gasteiger partial charge in [-0.05, 0) is 42.0 Å². The highest BCUT2D eigenvalue weighted by Crippen LogP contribution is 2.24. The van der Waals surface area contributed by atoms with Crippen LogP contribution in [-0.4, -0.2) is 36.7 Å². The van der Waals surface area contributed by atoms with Crippen molar-refractivity contribution in [2.75, 3.05) is 12.9 Å². The van der Waals surface area contributed by atoms with Gasteiger partial charge >= 0.3 is 0 Å². The molecule has 2 aromatic carbocycles. The molecule has 0 aliphatic rings. The highest BCUT2D eigenvalue weighted by atomic mass is 35.5. The fourth-order valence-corrected chi connectivity index (χ4v) is 4.23. The second-order valence-corrected chi connectivity index (χ2v) is 8.70. The van der Waals surface area contributed by atoms with E-state index in [0.717, 1.165) is 11.1 Å². The first-order valence-corrected chi connectivity index (χ1v) is 10.7. The van der Waals surface area contributed by atoms with Crippen molar-refractivity contribution in [2.45, 2.75) is 11.7 Å². The Morgan fingerprint density at radius 1 is 1.14 bits per heavy atom. The highest BCUT2D eigenvalue weighted by Gasteiger charge is 2.25. The molecule has 0 unspecified atom stereocenters. The van der Waals surface area contributed by atoms with Gasteiger partial charge in [-0.1, -0.05) is 23.7 Å². The lowest BCUT2D eigenvalue weighted by Crippen LogP contribution is -2.30. The number of hydrogen-bond acceptors (Lipinski definition) is 5. The maximum absolute atomic E-state index is 12.7. The van der Waals surface area contributed by atoms with Crippen molar-refractivity contribution in [3.05, 3.63) is 65.3 Å². The average Bonchev–Trinajstić information content (AvgIpc) is 3.09. The number of methoxy groups -OCH3 is 1. The van der Waals surface area contributed by atoms with Crippen molar-refractivity contribution in [3.63, 3.8) is 0 Å². The number of benzene rings is 2. The van der Waals surface area contributed by atoms with Crippen LogP contribution < -0.4 is 10.1 Å². The number of nitrogens with zero attached hydrogens (tertiary/aromatic N) is 2. The first-order chi connectivity index (χ1) is 13.8. The molecule has 7 nitrogen and oxygen atoms in total. The lowest BCUT2D eigenvalue weighted by molar-refractivity contribution is -0.118. The van der Waals surface area contributed by atoms with E-state index in [-0.39, 0.29) is 11.7 Å².